The van der Waals surface area contributed by atoms with Gasteiger partial charge < -0.3 is 5.32 Å². The highest BCUT2D eigenvalue weighted by Crippen LogP contribution is 2.28. The van der Waals surface area contributed by atoms with Crippen molar-refractivity contribution in [1.29, 1.82) is 5.26 Å². The van der Waals surface area contributed by atoms with Gasteiger partial charge in [-0.25, -0.2) is 4.98 Å². The highest BCUT2D eigenvalue weighted by atomic mass is 35.5. The molecule has 3 aromatic rings. The van der Waals surface area contributed by atoms with Crippen LogP contribution >= 0.6 is 34.5 Å². The van der Waals surface area contributed by atoms with Crippen LogP contribution in [0.15, 0.2) is 60.1 Å². The highest BCUT2D eigenvalue weighted by Gasteiger charge is 2.09. The van der Waals surface area contributed by atoms with E-state index in [4.69, 9.17) is 23.2 Å². The number of hydrogen-bond donors (Lipinski definition) is 1. The van der Waals surface area contributed by atoms with Gasteiger partial charge >= 0.3 is 0 Å². The molecule has 118 valence electrons. The van der Waals surface area contributed by atoms with E-state index in [2.05, 4.69) is 16.4 Å². The molecule has 0 fully saturated rings. The minimum Gasteiger partial charge on any atom is -0.359 e. The Morgan fingerprint density at radius 3 is 2.71 bits per heavy atom. The summed E-state index contributed by atoms with van der Waals surface area (Å²) < 4.78 is 0. The Labute approximate surface area is 153 Å². The fourth-order valence-corrected chi connectivity index (χ4v) is 3.18. The number of hydrogen-bond acceptors (Lipinski definition) is 4. The molecule has 0 aliphatic carbocycles. The van der Waals surface area contributed by atoms with Gasteiger partial charge in [0.15, 0.2) is 0 Å². The van der Waals surface area contributed by atoms with E-state index >= 15 is 0 Å². The van der Waals surface area contributed by atoms with Crippen molar-refractivity contribution >= 4 is 45.8 Å². The maximum Gasteiger partial charge on any atom is 0.136 e. The largest absolute Gasteiger partial charge is 0.359 e. The van der Waals surface area contributed by atoms with Gasteiger partial charge in [0.2, 0.25) is 0 Å². The third-order valence-electron chi connectivity index (χ3n) is 3.23. The molecule has 0 atom stereocenters. The molecule has 0 aliphatic rings. The Morgan fingerprint density at radius 2 is 1.96 bits per heavy atom. The van der Waals surface area contributed by atoms with Crippen molar-refractivity contribution in [2.24, 2.45) is 0 Å². The molecule has 6 heteroatoms. The van der Waals surface area contributed by atoms with Crippen LogP contribution in [0.3, 0.4) is 0 Å². The van der Waals surface area contributed by atoms with Gasteiger partial charge in [-0.2, -0.15) is 5.26 Å². The zero-order chi connectivity index (χ0) is 16.9. The molecule has 1 heterocycles. The molecule has 0 amide bonds. The van der Waals surface area contributed by atoms with Crippen molar-refractivity contribution in [3.8, 4) is 17.3 Å². The predicted molar refractivity (Wildman–Crippen MR) is 101 cm³/mol. The molecule has 0 bridgehead atoms. The summed E-state index contributed by atoms with van der Waals surface area (Å²) in [5.74, 6) is 0. The molecule has 0 saturated heterocycles. The highest BCUT2D eigenvalue weighted by molar-refractivity contribution is 7.11. The van der Waals surface area contributed by atoms with Gasteiger partial charge in [-0.3, -0.25) is 0 Å². The quantitative estimate of drug-likeness (QED) is 0.564. The van der Waals surface area contributed by atoms with E-state index in [0.717, 1.165) is 11.3 Å². The molecule has 3 nitrogen and oxygen atoms in total. The van der Waals surface area contributed by atoms with Crippen LogP contribution < -0.4 is 5.32 Å². The standard InChI is InChI=1S/C18H11Cl2N3S/c19-14-6-7-15(20)16(8-14)22-10-13(9-21)18-23-17(11-24-18)12-4-2-1-3-5-12/h1-8,10-11,22H. The van der Waals surface area contributed by atoms with Crippen molar-refractivity contribution in [2.75, 3.05) is 5.32 Å². The van der Waals surface area contributed by atoms with E-state index in [1.807, 2.05) is 35.7 Å². The number of thiazole rings is 1. The van der Waals surface area contributed by atoms with E-state index in [-0.39, 0.29) is 0 Å². The van der Waals surface area contributed by atoms with Gasteiger partial charge in [0, 0.05) is 22.2 Å². The number of anilines is 1. The fraction of sp³-hybridized carbons (Fsp3) is 0. The number of allylic oxidation sites excluding steroid dienone is 1. The number of halogens is 2. The number of rotatable bonds is 4. The summed E-state index contributed by atoms with van der Waals surface area (Å²) in [5.41, 5.74) is 2.93. The first-order valence-electron chi connectivity index (χ1n) is 7.00. The van der Waals surface area contributed by atoms with Gasteiger partial charge in [-0.15, -0.1) is 11.3 Å². The number of benzene rings is 2. The molecule has 0 unspecified atom stereocenters. The minimum atomic E-state index is 0.429. The summed E-state index contributed by atoms with van der Waals surface area (Å²) in [6.07, 6.45) is 1.59. The maximum atomic E-state index is 9.41. The number of nitrogens with one attached hydrogen (secondary N) is 1. The van der Waals surface area contributed by atoms with Crippen molar-refractivity contribution in [1.82, 2.24) is 4.98 Å². The second kappa shape index (κ2) is 7.50. The average Bonchev–Trinajstić information content (AvgIpc) is 3.09. The Balaban J connectivity index is 1.86. The van der Waals surface area contributed by atoms with Crippen molar-refractivity contribution in [2.45, 2.75) is 0 Å². The summed E-state index contributed by atoms with van der Waals surface area (Å²) in [6, 6.07) is 17.1. The van der Waals surface area contributed by atoms with Crippen LogP contribution in [0, 0.1) is 11.3 Å². The molecule has 0 radical (unpaired) electrons. The molecule has 1 aromatic heterocycles. The van der Waals surface area contributed by atoms with Crippen LogP contribution in [-0.4, -0.2) is 4.98 Å². The van der Waals surface area contributed by atoms with E-state index in [0.29, 0.717) is 26.3 Å². The molecule has 24 heavy (non-hydrogen) atoms. The van der Waals surface area contributed by atoms with Crippen molar-refractivity contribution in [3.63, 3.8) is 0 Å². The van der Waals surface area contributed by atoms with Crippen LogP contribution in [-0.2, 0) is 0 Å². The van der Waals surface area contributed by atoms with Gasteiger partial charge in [0.05, 0.1) is 16.4 Å². The lowest BCUT2D eigenvalue weighted by molar-refractivity contribution is 1.36. The molecule has 2 aromatic carbocycles. The molecule has 0 aliphatic heterocycles. The molecule has 1 N–H and O–H groups in total. The Kier molecular flexibility index (Phi) is 5.17. The zero-order valence-electron chi connectivity index (χ0n) is 12.3. The number of nitrogens with zero attached hydrogens (tertiary/aromatic N) is 2. The van der Waals surface area contributed by atoms with Gasteiger partial charge in [-0.05, 0) is 18.2 Å². The van der Waals surface area contributed by atoms with Gasteiger partial charge in [-0.1, -0.05) is 53.5 Å². The van der Waals surface area contributed by atoms with Crippen LogP contribution in [0.2, 0.25) is 10.0 Å². The Hall–Kier alpha value is -2.32. The molecule has 0 spiro atoms. The summed E-state index contributed by atoms with van der Waals surface area (Å²) in [4.78, 5) is 4.53. The first kappa shape index (κ1) is 16.5. The second-order valence-corrected chi connectivity index (χ2v) is 6.54. The molecular formula is C18H11Cl2N3S. The third-order valence-corrected chi connectivity index (χ3v) is 4.67. The van der Waals surface area contributed by atoms with E-state index in [1.54, 1.807) is 24.4 Å². The third kappa shape index (κ3) is 3.77. The molecule has 0 saturated carbocycles. The normalized spacial score (nSPS) is 11.1. The molecule has 3 rings (SSSR count). The van der Waals surface area contributed by atoms with Crippen molar-refractivity contribution in [3.05, 3.63) is 75.2 Å². The SMILES string of the molecule is N#CC(=CNc1cc(Cl)ccc1Cl)c1nc(-c2ccccc2)cs1. The van der Waals surface area contributed by atoms with E-state index in [9.17, 15) is 5.26 Å². The smallest absolute Gasteiger partial charge is 0.136 e. The topological polar surface area (TPSA) is 48.7 Å². The van der Waals surface area contributed by atoms with Crippen LogP contribution in [0.5, 0.6) is 0 Å². The Morgan fingerprint density at radius 1 is 1.17 bits per heavy atom. The summed E-state index contributed by atoms with van der Waals surface area (Å²) in [6.45, 7) is 0. The van der Waals surface area contributed by atoms with E-state index in [1.165, 1.54) is 11.3 Å². The monoisotopic (exact) mass is 371 g/mol. The predicted octanol–water partition coefficient (Wildman–Crippen LogP) is 6.09. The van der Waals surface area contributed by atoms with Crippen molar-refractivity contribution < 1.29 is 0 Å². The lowest BCUT2D eigenvalue weighted by Crippen LogP contribution is -1.92. The van der Waals surface area contributed by atoms with Crippen LogP contribution in [0.1, 0.15) is 5.01 Å². The maximum absolute atomic E-state index is 9.41. The van der Waals surface area contributed by atoms with Gasteiger partial charge in [0.25, 0.3) is 0 Å². The number of aromatic nitrogens is 1. The summed E-state index contributed by atoms with van der Waals surface area (Å²) >= 11 is 13.5. The lowest BCUT2D eigenvalue weighted by Gasteiger charge is -2.04. The lowest BCUT2D eigenvalue weighted by atomic mass is 10.2. The second-order valence-electron chi connectivity index (χ2n) is 4.84. The average molecular weight is 372 g/mol. The summed E-state index contributed by atoms with van der Waals surface area (Å²) in [5, 5.41) is 16.1. The van der Waals surface area contributed by atoms with E-state index < -0.39 is 0 Å². The van der Waals surface area contributed by atoms with Crippen LogP contribution in [0.4, 0.5) is 5.69 Å². The first-order chi connectivity index (χ1) is 11.7. The fourth-order valence-electron chi connectivity index (χ4n) is 2.04. The summed E-state index contributed by atoms with van der Waals surface area (Å²) in [7, 11) is 0. The van der Waals surface area contributed by atoms with Gasteiger partial charge in [0.1, 0.15) is 16.6 Å². The first-order valence-corrected chi connectivity index (χ1v) is 8.64. The zero-order valence-corrected chi connectivity index (χ0v) is 14.7. The number of nitriles is 1. The van der Waals surface area contributed by atoms with Crippen LogP contribution in [0.25, 0.3) is 16.8 Å². The molecular weight excluding hydrogens is 361 g/mol. The Bertz CT molecular complexity index is 927. The minimum absolute atomic E-state index is 0.429.